The molecule has 0 bridgehead atoms. The lowest BCUT2D eigenvalue weighted by Gasteiger charge is -2.40. The number of hydrogen-bond donors (Lipinski definition) is 1. The predicted molar refractivity (Wildman–Crippen MR) is 81.8 cm³/mol. The fourth-order valence-electron chi connectivity index (χ4n) is 3.33. The van der Waals surface area contributed by atoms with E-state index in [1.807, 2.05) is 0 Å². The highest BCUT2D eigenvalue weighted by Crippen LogP contribution is 2.26. The molecule has 2 unspecified atom stereocenters. The van der Waals surface area contributed by atoms with Crippen molar-refractivity contribution in [1.29, 1.82) is 0 Å². The Kier molecular flexibility index (Phi) is 4.71. The summed E-state index contributed by atoms with van der Waals surface area (Å²) in [6.45, 7) is 7.79. The summed E-state index contributed by atoms with van der Waals surface area (Å²) in [7, 11) is 0. The van der Waals surface area contributed by atoms with E-state index < -0.39 is 0 Å². The molecule has 2 atom stereocenters. The highest BCUT2D eigenvalue weighted by atomic mass is 16.5. The van der Waals surface area contributed by atoms with Gasteiger partial charge in [0.05, 0.1) is 12.7 Å². The van der Waals surface area contributed by atoms with Crippen LogP contribution in [0.2, 0.25) is 0 Å². The Morgan fingerprint density at radius 2 is 1.95 bits per heavy atom. The van der Waals surface area contributed by atoms with Crippen molar-refractivity contribution in [1.82, 2.24) is 10.2 Å². The summed E-state index contributed by atoms with van der Waals surface area (Å²) < 4.78 is 6.04. The molecule has 0 aliphatic carbocycles. The van der Waals surface area contributed by atoms with Crippen molar-refractivity contribution in [2.45, 2.75) is 31.9 Å². The van der Waals surface area contributed by atoms with Crippen LogP contribution in [0.15, 0.2) is 30.3 Å². The zero-order valence-corrected chi connectivity index (χ0v) is 12.4. The van der Waals surface area contributed by atoms with E-state index in [9.17, 15) is 0 Å². The molecule has 2 heterocycles. The zero-order chi connectivity index (χ0) is 13.8. The molecule has 0 aromatic heterocycles. The molecule has 20 heavy (non-hydrogen) atoms. The van der Waals surface area contributed by atoms with Gasteiger partial charge in [-0.15, -0.1) is 0 Å². The van der Waals surface area contributed by atoms with Crippen LogP contribution in [-0.2, 0) is 4.74 Å². The molecule has 3 rings (SSSR count). The molecule has 0 radical (unpaired) electrons. The second-order valence-electron chi connectivity index (χ2n) is 6.23. The van der Waals surface area contributed by atoms with Crippen LogP contribution in [-0.4, -0.2) is 43.7 Å². The normalized spacial score (nSPS) is 29.4. The van der Waals surface area contributed by atoms with Gasteiger partial charge >= 0.3 is 0 Å². The van der Waals surface area contributed by atoms with Gasteiger partial charge in [-0.2, -0.15) is 0 Å². The van der Waals surface area contributed by atoms with Crippen LogP contribution < -0.4 is 5.32 Å². The highest BCUT2D eigenvalue weighted by Gasteiger charge is 2.29. The molecule has 3 heteroatoms. The molecule has 0 spiro atoms. The van der Waals surface area contributed by atoms with E-state index in [2.05, 4.69) is 47.5 Å². The first-order valence-electron chi connectivity index (χ1n) is 7.94. The van der Waals surface area contributed by atoms with Crippen LogP contribution in [0.25, 0.3) is 0 Å². The minimum absolute atomic E-state index is 0.245. The molecule has 0 amide bonds. The Hall–Kier alpha value is -0.900. The Bertz CT molecular complexity index is 403. The van der Waals surface area contributed by atoms with Crippen LogP contribution in [0.5, 0.6) is 0 Å². The molecule has 2 aliphatic rings. The average Bonchev–Trinajstić information content (AvgIpc) is 2.51. The van der Waals surface area contributed by atoms with Gasteiger partial charge in [-0.1, -0.05) is 30.3 Å². The second-order valence-corrected chi connectivity index (χ2v) is 6.23. The Morgan fingerprint density at radius 1 is 1.20 bits per heavy atom. The van der Waals surface area contributed by atoms with Gasteiger partial charge in [0.1, 0.15) is 0 Å². The van der Waals surface area contributed by atoms with Crippen molar-refractivity contribution >= 4 is 0 Å². The van der Waals surface area contributed by atoms with Crippen molar-refractivity contribution in [3.8, 4) is 0 Å². The highest BCUT2D eigenvalue weighted by molar-refractivity contribution is 5.18. The van der Waals surface area contributed by atoms with E-state index in [0.29, 0.717) is 6.04 Å². The van der Waals surface area contributed by atoms with E-state index in [4.69, 9.17) is 4.74 Å². The Labute approximate surface area is 122 Å². The number of rotatable bonds is 3. The number of nitrogens with zero attached hydrogens (tertiary/aromatic N) is 1. The monoisotopic (exact) mass is 274 g/mol. The maximum Gasteiger partial charge on any atom is 0.0952 e. The summed E-state index contributed by atoms with van der Waals surface area (Å²) in [6, 6.07) is 11.2. The van der Waals surface area contributed by atoms with Crippen LogP contribution in [0, 0.1) is 5.92 Å². The first-order valence-corrected chi connectivity index (χ1v) is 7.94. The van der Waals surface area contributed by atoms with E-state index in [0.717, 1.165) is 19.1 Å². The number of nitrogens with one attached hydrogen (secondary N) is 1. The number of ether oxygens (including phenoxy) is 1. The third-order valence-corrected chi connectivity index (χ3v) is 4.69. The predicted octanol–water partition coefficient (Wildman–Crippen LogP) is 2.45. The third kappa shape index (κ3) is 3.40. The fourth-order valence-corrected chi connectivity index (χ4v) is 3.33. The van der Waals surface area contributed by atoms with Crippen LogP contribution in [0.1, 0.15) is 31.4 Å². The molecule has 2 aliphatic heterocycles. The summed E-state index contributed by atoms with van der Waals surface area (Å²) in [6.07, 6.45) is 2.88. The molecule has 2 saturated heterocycles. The molecule has 1 aromatic rings. The van der Waals surface area contributed by atoms with E-state index in [1.54, 1.807) is 0 Å². The minimum Gasteiger partial charge on any atom is -0.371 e. The van der Waals surface area contributed by atoms with Gasteiger partial charge in [0, 0.05) is 19.1 Å². The molecule has 110 valence electrons. The van der Waals surface area contributed by atoms with Crippen LogP contribution in [0.3, 0.4) is 0 Å². The first-order chi connectivity index (χ1) is 9.83. The van der Waals surface area contributed by atoms with Crippen molar-refractivity contribution in [3.63, 3.8) is 0 Å². The van der Waals surface area contributed by atoms with Gasteiger partial charge in [-0.3, -0.25) is 4.90 Å². The SMILES string of the molecule is CC1COC(c2ccccc2)CN1CC1CCNCC1. The lowest BCUT2D eigenvalue weighted by atomic mass is 9.96. The van der Waals surface area contributed by atoms with Gasteiger partial charge < -0.3 is 10.1 Å². The smallest absolute Gasteiger partial charge is 0.0952 e. The summed E-state index contributed by atoms with van der Waals surface area (Å²) >= 11 is 0. The topological polar surface area (TPSA) is 24.5 Å². The van der Waals surface area contributed by atoms with E-state index in [1.165, 1.54) is 38.0 Å². The van der Waals surface area contributed by atoms with Gasteiger partial charge in [-0.25, -0.2) is 0 Å². The number of hydrogen-bond acceptors (Lipinski definition) is 3. The number of morpholine rings is 1. The fraction of sp³-hybridized carbons (Fsp3) is 0.647. The quantitative estimate of drug-likeness (QED) is 0.916. The maximum atomic E-state index is 6.04. The largest absolute Gasteiger partial charge is 0.371 e. The molecule has 0 saturated carbocycles. The third-order valence-electron chi connectivity index (χ3n) is 4.69. The summed E-state index contributed by atoms with van der Waals surface area (Å²) in [5.41, 5.74) is 1.31. The molecule has 2 fully saturated rings. The van der Waals surface area contributed by atoms with Crippen molar-refractivity contribution in [2.24, 2.45) is 5.92 Å². The van der Waals surface area contributed by atoms with Gasteiger partial charge in [0.15, 0.2) is 0 Å². The zero-order valence-electron chi connectivity index (χ0n) is 12.4. The lowest BCUT2D eigenvalue weighted by molar-refractivity contribution is -0.0656. The molecule has 1 N–H and O–H groups in total. The van der Waals surface area contributed by atoms with Crippen molar-refractivity contribution < 1.29 is 4.74 Å². The van der Waals surface area contributed by atoms with E-state index in [-0.39, 0.29) is 6.10 Å². The molecular weight excluding hydrogens is 248 g/mol. The molecule has 3 nitrogen and oxygen atoms in total. The Morgan fingerprint density at radius 3 is 2.70 bits per heavy atom. The second kappa shape index (κ2) is 6.70. The van der Waals surface area contributed by atoms with E-state index >= 15 is 0 Å². The average molecular weight is 274 g/mol. The first kappa shape index (κ1) is 14.1. The minimum atomic E-state index is 0.245. The van der Waals surface area contributed by atoms with Gasteiger partial charge in [-0.05, 0) is 44.3 Å². The lowest BCUT2D eigenvalue weighted by Crippen LogP contribution is -2.48. The number of piperidine rings is 1. The molecule has 1 aromatic carbocycles. The summed E-state index contributed by atoms with van der Waals surface area (Å²) in [5.74, 6) is 0.855. The van der Waals surface area contributed by atoms with Gasteiger partial charge in [0.2, 0.25) is 0 Å². The van der Waals surface area contributed by atoms with Crippen molar-refractivity contribution in [2.75, 3.05) is 32.8 Å². The molecular formula is C17H26N2O. The maximum absolute atomic E-state index is 6.04. The van der Waals surface area contributed by atoms with Crippen molar-refractivity contribution in [3.05, 3.63) is 35.9 Å². The van der Waals surface area contributed by atoms with Crippen LogP contribution >= 0.6 is 0 Å². The number of benzene rings is 1. The Balaban J connectivity index is 1.61. The van der Waals surface area contributed by atoms with Crippen LogP contribution in [0.4, 0.5) is 0 Å². The van der Waals surface area contributed by atoms with Gasteiger partial charge in [0.25, 0.3) is 0 Å². The summed E-state index contributed by atoms with van der Waals surface area (Å²) in [4.78, 5) is 2.64. The standard InChI is InChI=1S/C17H26N2O/c1-14-13-20-17(16-5-3-2-4-6-16)12-19(14)11-15-7-9-18-10-8-15/h2-6,14-15,17-18H,7-13H2,1H3. The summed E-state index contributed by atoms with van der Waals surface area (Å²) in [5, 5.41) is 3.45.